The Morgan fingerprint density at radius 2 is 2.05 bits per heavy atom. The maximum Gasteiger partial charge on any atom is 0.345 e. The van der Waals surface area contributed by atoms with Crippen LogP contribution in [0.15, 0.2) is 11.0 Å². The summed E-state index contributed by atoms with van der Waals surface area (Å²) in [7, 11) is -2.05. The summed E-state index contributed by atoms with van der Waals surface area (Å²) in [5.74, 6) is -1.09. The molecule has 0 spiro atoms. The van der Waals surface area contributed by atoms with Gasteiger partial charge in [-0.3, -0.25) is 0 Å². The number of sulfonamides is 1. The van der Waals surface area contributed by atoms with E-state index >= 15 is 0 Å². The second kappa shape index (κ2) is 6.49. The molecule has 0 radical (unpaired) electrons. The Morgan fingerprint density at radius 1 is 1.42 bits per heavy atom. The van der Waals surface area contributed by atoms with Gasteiger partial charge in [0, 0.05) is 18.5 Å². The molecule has 1 aromatic rings. The van der Waals surface area contributed by atoms with Gasteiger partial charge in [-0.2, -0.15) is 0 Å². The normalized spacial score (nSPS) is 12.0. The maximum atomic E-state index is 12.3. The summed E-state index contributed by atoms with van der Waals surface area (Å²) in [6, 6.07) is 1.24. The van der Waals surface area contributed by atoms with Crippen LogP contribution in [0.2, 0.25) is 0 Å². The van der Waals surface area contributed by atoms with Crippen molar-refractivity contribution < 1.29 is 18.3 Å². The molecule has 7 heteroatoms. The van der Waals surface area contributed by atoms with E-state index < -0.39 is 16.0 Å². The smallest absolute Gasteiger partial charge is 0.345 e. The van der Waals surface area contributed by atoms with E-state index in [1.54, 1.807) is 6.92 Å². The number of thiophene rings is 1. The average molecular weight is 305 g/mol. The van der Waals surface area contributed by atoms with Crippen molar-refractivity contribution in [1.82, 2.24) is 4.31 Å². The van der Waals surface area contributed by atoms with Crippen molar-refractivity contribution >= 4 is 27.3 Å². The Morgan fingerprint density at radius 3 is 2.53 bits per heavy atom. The summed E-state index contributed by atoms with van der Waals surface area (Å²) in [4.78, 5) is 11.5. The Kier molecular flexibility index (Phi) is 5.51. The number of carboxylic acid groups (broad SMARTS) is 1. The van der Waals surface area contributed by atoms with Gasteiger partial charge in [0.2, 0.25) is 10.0 Å². The molecule has 0 atom stereocenters. The lowest BCUT2D eigenvalue weighted by Crippen LogP contribution is -2.28. The quantitative estimate of drug-likeness (QED) is 0.786. The Labute approximate surface area is 117 Å². The molecule has 5 nitrogen and oxygen atoms in total. The first-order valence-electron chi connectivity index (χ1n) is 6.10. The Hall–Kier alpha value is -0.920. The van der Waals surface area contributed by atoms with Gasteiger partial charge in [-0.05, 0) is 19.4 Å². The van der Waals surface area contributed by atoms with Crippen molar-refractivity contribution in [2.75, 3.05) is 13.6 Å². The van der Waals surface area contributed by atoms with Crippen molar-refractivity contribution in [1.29, 1.82) is 0 Å². The van der Waals surface area contributed by atoms with Crippen molar-refractivity contribution in [3.8, 4) is 0 Å². The molecular weight excluding hydrogens is 286 g/mol. The molecule has 1 aromatic heterocycles. The second-order valence-corrected chi connectivity index (χ2v) is 7.64. The van der Waals surface area contributed by atoms with E-state index in [0.29, 0.717) is 11.4 Å². The van der Waals surface area contributed by atoms with Crippen LogP contribution in [0.3, 0.4) is 0 Å². The topological polar surface area (TPSA) is 74.7 Å². The highest BCUT2D eigenvalue weighted by Gasteiger charge is 2.25. The third-order valence-corrected chi connectivity index (χ3v) is 6.00. The van der Waals surface area contributed by atoms with E-state index in [4.69, 9.17) is 5.11 Å². The molecule has 0 aliphatic rings. The van der Waals surface area contributed by atoms with Crippen LogP contribution < -0.4 is 0 Å². The van der Waals surface area contributed by atoms with Gasteiger partial charge in [0.15, 0.2) is 0 Å². The molecule has 19 heavy (non-hydrogen) atoms. The van der Waals surface area contributed by atoms with Gasteiger partial charge in [-0.25, -0.2) is 17.5 Å². The highest BCUT2D eigenvalue weighted by molar-refractivity contribution is 7.89. The van der Waals surface area contributed by atoms with Crippen LogP contribution in [-0.2, 0) is 10.0 Å². The van der Waals surface area contributed by atoms with Crippen LogP contribution in [0, 0.1) is 6.92 Å². The zero-order valence-corrected chi connectivity index (χ0v) is 13.0. The number of aryl methyl sites for hydroxylation is 1. The molecule has 0 bridgehead atoms. The monoisotopic (exact) mass is 305 g/mol. The van der Waals surface area contributed by atoms with Gasteiger partial charge >= 0.3 is 5.97 Å². The van der Waals surface area contributed by atoms with Crippen LogP contribution in [0.1, 0.15) is 40.7 Å². The van der Waals surface area contributed by atoms with E-state index in [9.17, 15) is 13.2 Å². The lowest BCUT2D eigenvalue weighted by Gasteiger charge is -2.16. The SMILES string of the molecule is CCCCCN(C)S(=O)(=O)c1cc(C(=O)O)sc1C. The molecule has 0 unspecified atom stereocenters. The predicted octanol–water partition coefficient (Wildman–Crippen LogP) is 2.57. The first kappa shape index (κ1) is 16.1. The number of aromatic carboxylic acids is 1. The van der Waals surface area contributed by atoms with Gasteiger partial charge in [-0.15, -0.1) is 11.3 Å². The van der Waals surface area contributed by atoms with Crippen LogP contribution in [0.5, 0.6) is 0 Å². The van der Waals surface area contributed by atoms with Crippen molar-refractivity contribution in [3.63, 3.8) is 0 Å². The highest BCUT2D eigenvalue weighted by atomic mass is 32.2. The number of hydrogen-bond donors (Lipinski definition) is 1. The summed E-state index contributed by atoms with van der Waals surface area (Å²) in [6.07, 6.45) is 2.80. The largest absolute Gasteiger partial charge is 0.477 e. The van der Waals surface area contributed by atoms with E-state index in [1.165, 1.54) is 17.4 Å². The van der Waals surface area contributed by atoms with Gasteiger partial charge < -0.3 is 5.11 Å². The predicted molar refractivity (Wildman–Crippen MR) is 75.4 cm³/mol. The summed E-state index contributed by atoms with van der Waals surface area (Å²) in [6.45, 7) is 4.13. The standard InChI is InChI=1S/C12H19NO4S2/c1-4-5-6-7-13(3)19(16,17)11-8-10(12(14)15)18-9(11)2/h8H,4-7H2,1-3H3,(H,14,15). The van der Waals surface area contributed by atoms with Gasteiger partial charge in [0.05, 0.1) is 4.90 Å². The molecule has 0 aliphatic heterocycles. The highest BCUT2D eigenvalue weighted by Crippen LogP contribution is 2.27. The minimum atomic E-state index is -3.58. The summed E-state index contributed by atoms with van der Waals surface area (Å²) in [5.41, 5.74) is 0. The van der Waals surface area contributed by atoms with Crippen LogP contribution in [0.4, 0.5) is 0 Å². The zero-order valence-electron chi connectivity index (χ0n) is 11.3. The fourth-order valence-corrected chi connectivity index (χ4v) is 4.30. The molecule has 0 saturated carbocycles. The van der Waals surface area contributed by atoms with E-state index in [0.717, 1.165) is 30.6 Å². The molecule has 0 amide bonds. The van der Waals surface area contributed by atoms with Crippen molar-refractivity contribution in [2.24, 2.45) is 0 Å². The lowest BCUT2D eigenvalue weighted by atomic mass is 10.2. The zero-order chi connectivity index (χ0) is 14.6. The average Bonchev–Trinajstić information content (AvgIpc) is 2.72. The molecule has 0 saturated heterocycles. The second-order valence-electron chi connectivity index (χ2n) is 4.37. The van der Waals surface area contributed by atoms with Gasteiger partial charge in [0.25, 0.3) is 0 Å². The minimum absolute atomic E-state index is 0.0537. The van der Waals surface area contributed by atoms with Crippen molar-refractivity contribution in [2.45, 2.75) is 38.0 Å². The molecule has 0 aromatic carbocycles. The lowest BCUT2D eigenvalue weighted by molar-refractivity contribution is 0.0702. The minimum Gasteiger partial charge on any atom is -0.477 e. The molecular formula is C12H19NO4S2. The number of carboxylic acids is 1. The van der Waals surface area contributed by atoms with Crippen LogP contribution >= 0.6 is 11.3 Å². The van der Waals surface area contributed by atoms with Crippen molar-refractivity contribution in [3.05, 3.63) is 15.8 Å². The van der Waals surface area contributed by atoms with E-state index in [-0.39, 0.29) is 9.77 Å². The fraction of sp³-hybridized carbons (Fsp3) is 0.583. The molecule has 0 fully saturated rings. The third-order valence-electron chi connectivity index (χ3n) is 2.85. The number of carbonyl (C=O) groups is 1. The number of nitrogens with zero attached hydrogens (tertiary/aromatic N) is 1. The van der Waals surface area contributed by atoms with Gasteiger partial charge in [0.1, 0.15) is 4.88 Å². The van der Waals surface area contributed by atoms with Gasteiger partial charge in [-0.1, -0.05) is 19.8 Å². The third kappa shape index (κ3) is 3.77. The first-order chi connectivity index (χ1) is 8.80. The summed E-state index contributed by atoms with van der Waals surface area (Å²) < 4.78 is 25.9. The number of rotatable bonds is 7. The number of hydrogen-bond acceptors (Lipinski definition) is 4. The Bertz CT molecular complexity index is 548. The molecule has 0 aliphatic carbocycles. The number of unbranched alkanes of at least 4 members (excludes halogenated alkanes) is 2. The first-order valence-corrected chi connectivity index (χ1v) is 8.36. The molecule has 108 valence electrons. The molecule has 1 N–H and O–H groups in total. The summed E-state index contributed by atoms with van der Waals surface area (Å²) >= 11 is 0.990. The molecule has 1 heterocycles. The van der Waals surface area contributed by atoms with Crippen LogP contribution in [0.25, 0.3) is 0 Å². The molecule has 1 rings (SSSR count). The maximum absolute atomic E-state index is 12.3. The Balaban J connectivity index is 2.96. The fourth-order valence-electron chi connectivity index (χ4n) is 1.70. The summed E-state index contributed by atoms with van der Waals surface area (Å²) in [5, 5.41) is 8.90. The van der Waals surface area contributed by atoms with E-state index in [2.05, 4.69) is 6.92 Å². The van der Waals surface area contributed by atoms with E-state index in [1.807, 2.05) is 0 Å². The van der Waals surface area contributed by atoms with Crippen LogP contribution in [-0.4, -0.2) is 37.4 Å².